The van der Waals surface area contributed by atoms with E-state index in [0.717, 1.165) is 11.1 Å². The molecule has 1 N–H and O–H groups in total. The normalized spacial score (nSPS) is 11.8. The molecule has 0 saturated heterocycles. The van der Waals surface area contributed by atoms with E-state index < -0.39 is 6.04 Å². The number of amides is 2. The van der Waals surface area contributed by atoms with E-state index in [-0.39, 0.29) is 36.0 Å². The van der Waals surface area contributed by atoms with Crippen molar-refractivity contribution in [1.82, 2.24) is 10.2 Å². The minimum atomic E-state index is -0.686. The van der Waals surface area contributed by atoms with Crippen molar-refractivity contribution >= 4 is 23.6 Å². The molecule has 4 nitrogen and oxygen atoms in total. The summed E-state index contributed by atoms with van der Waals surface area (Å²) < 4.78 is 13.5. The average molecular weight is 507 g/mol. The highest BCUT2D eigenvalue weighted by Gasteiger charge is 2.30. The SMILES string of the molecule is Cc1cc(C)cc(CSCC(=O)N(Cc2ccc(F)cc2)C(Cc2ccccc2)C(=O)NC(C)C)c1. The van der Waals surface area contributed by atoms with Crippen LogP contribution in [0.25, 0.3) is 0 Å². The molecule has 0 radical (unpaired) electrons. The summed E-state index contributed by atoms with van der Waals surface area (Å²) in [5.41, 5.74) is 5.32. The number of nitrogens with one attached hydrogen (secondary N) is 1. The van der Waals surface area contributed by atoms with Crippen LogP contribution in [0.2, 0.25) is 0 Å². The standard InChI is InChI=1S/C30H35FN2O2S/c1-21(2)32-30(35)28(17-24-8-6-5-7-9-24)33(18-25-10-12-27(31)13-11-25)29(34)20-36-19-26-15-22(3)14-23(4)16-26/h5-16,21,28H,17-20H2,1-4H3,(H,32,35). The Kier molecular flexibility index (Phi) is 10.1. The zero-order valence-electron chi connectivity index (χ0n) is 21.5. The first-order valence-electron chi connectivity index (χ1n) is 12.2. The highest BCUT2D eigenvalue weighted by molar-refractivity contribution is 7.99. The molecule has 190 valence electrons. The van der Waals surface area contributed by atoms with Gasteiger partial charge in [-0.1, -0.05) is 71.8 Å². The van der Waals surface area contributed by atoms with Gasteiger partial charge < -0.3 is 10.2 Å². The summed E-state index contributed by atoms with van der Waals surface area (Å²) in [6.45, 7) is 8.18. The molecule has 0 aromatic heterocycles. The number of hydrogen-bond acceptors (Lipinski definition) is 3. The second-order valence-corrected chi connectivity index (χ2v) is 10.5. The number of benzene rings is 3. The molecule has 0 bridgehead atoms. The minimum Gasteiger partial charge on any atom is -0.352 e. The number of carbonyl (C=O) groups is 2. The van der Waals surface area contributed by atoms with Crippen LogP contribution >= 0.6 is 11.8 Å². The molecule has 36 heavy (non-hydrogen) atoms. The zero-order valence-corrected chi connectivity index (χ0v) is 22.3. The van der Waals surface area contributed by atoms with E-state index in [0.29, 0.717) is 12.2 Å². The van der Waals surface area contributed by atoms with Gasteiger partial charge in [-0.05, 0) is 56.5 Å². The molecule has 6 heteroatoms. The van der Waals surface area contributed by atoms with Crippen LogP contribution in [0.1, 0.15) is 41.7 Å². The fourth-order valence-electron chi connectivity index (χ4n) is 4.21. The number of hydrogen-bond donors (Lipinski definition) is 1. The van der Waals surface area contributed by atoms with Crippen LogP contribution in [0, 0.1) is 19.7 Å². The first kappa shape index (κ1) is 27.5. The van der Waals surface area contributed by atoms with Crippen molar-refractivity contribution in [2.75, 3.05) is 5.75 Å². The van der Waals surface area contributed by atoms with Crippen LogP contribution in [0.4, 0.5) is 4.39 Å². The number of rotatable bonds is 11. The Balaban J connectivity index is 1.84. The summed E-state index contributed by atoms with van der Waals surface area (Å²) in [4.78, 5) is 28.6. The Morgan fingerprint density at radius 1 is 0.889 bits per heavy atom. The van der Waals surface area contributed by atoms with Crippen LogP contribution in [0.3, 0.4) is 0 Å². The molecule has 0 aliphatic rings. The predicted molar refractivity (Wildman–Crippen MR) is 146 cm³/mol. The third-order valence-corrected chi connectivity index (χ3v) is 6.73. The van der Waals surface area contributed by atoms with Gasteiger partial charge in [0.25, 0.3) is 0 Å². The Labute approximate surface area is 218 Å². The van der Waals surface area contributed by atoms with Gasteiger partial charge in [0.05, 0.1) is 5.75 Å². The Bertz CT molecular complexity index is 1130. The van der Waals surface area contributed by atoms with Gasteiger partial charge >= 0.3 is 0 Å². The van der Waals surface area contributed by atoms with E-state index in [1.165, 1.54) is 40.6 Å². The fraction of sp³-hybridized carbons (Fsp3) is 0.333. The number of thioether (sulfide) groups is 1. The van der Waals surface area contributed by atoms with Gasteiger partial charge in [0.2, 0.25) is 11.8 Å². The topological polar surface area (TPSA) is 49.4 Å². The third kappa shape index (κ3) is 8.52. The molecule has 1 unspecified atom stereocenters. The second-order valence-electron chi connectivity index (χ2n) is 9.51. The molecule has 0 heterocycles. The molecule has 0 aliphatic carbocycles. The summed E-state index contributed by atoms with van der Waals surface area (Å²) >= 11 is 1.54. The quantitative estimate of drug-likeness (QED) is 0.355. The van der Waals surface area contributed by atoms with Crippen molar-refractivity contribution in [2.45, 2.75) is 58.5 Å². The zero-order chi connectivity index (χ0) is 26.1. The van der Waals surface area contributed by atoms with E-state index in [2.05, 4.69) is 37.4 Å². The van der Waals surface area contributed by atoms with Crippen molar-refractivity contribution in [3.8, 4) is 0 Å². The van der Waals surface area contributed by atoms with Crippen molar-refractivity contribution < 1.29 is 14.0 Å². The maximum Gasteiger partial charge on any atom is 0.243 e. The maximum absolute atomic E-state index is 13.6. The number of carbonyl (C=O) groups excluding carboxylic acids is 2. The Hall–Kier alpha value is -3.12. The number of halogens is 1. The molecule has 0 saturated carbocycles. The smallest absolute Gasteiger partial charge is 0.243 e. The molecule has 0 spiro atoms. The van der Waals surface area contributed by atoms with E-state index in [1.54, 1.807) is 17.0 Å². The molecule has 0 fully saturated rings. The number of nitrogens with zero attached hydrogens (tertiary/aromatic N) is 1. The molecule has 0 aliphatic heterocycles. The van der Waals surface area contributed by atoms with Crippen molar-refractivity contribution in [1.29, 1.82) is 0 Å². The number of aryl methyl sites for hydroxylation is 2. The highest BCUT2D eigenvalue weighted by Crippen LogP contribution is 2.20. The minimum absolute atomic E-state index is 0.0579. The monoisotopic (exact) mass is 506 g/mol. The van der Waals surface area contributed by atoms with Crippen molar-refractivity contribution in [3.63, 3.8) is 0 Å². The summed E-state index contributed by atoms with van der Waals surface area (Å²) in [5, 5.41) is 2.99. The summed E-state index contributed by atoms with van der Waals surface area (Å²) in [6, 6.07) is 21.5. The molecule has 2 amide bonds. The molecule has 1 atom stereocenters. The fourth-order valence-corrected chi connectivity index (χ4v) is 5.06. The van der Waals surface area contributed by atoms with Gasteiger partial charge in [0.1, 0.15) is 11.9 Å². The lowest BCUT2D eigenvalue weighted by Gasteiger charge is -2.32. The summed E-state index contributed by atoms with van der Waals surface area (Å²) in [7, 11) is 0. The van der Waals surface area contributed by atoms with Gasteiger partial charge in [-0.2, -0.15) is 0 Å². The van der Waals surface area contributed by atoms with Crippen LogP contribution in [-0.2, 0) is 28.3 Å². The van der Waals surface area contributed by atoms with Crippen LogP contribution in [0.15, 0.2) is 72.8 Å². The van der Waals surface area contributed by atoms with Crippen LogP contribution in [-0.4, -0.2) is 34.6 Å². The Morgan fingerprint density at radius 3 is 2.14 bits per heavy atom. The lowest BCUT2D eigenvalue weighted by Crippen LogP contribution is -2.52. The Morgan fingerprint density at radius 2 is 1.53 bits per heavy atom. The third-order valence-electron chi connectivity index (χ3n) is 5.74. The second kappa shape index (κ2) is 13.3. The van der Waals surface area contributed by atoms with Crippen molar-refractivity contribution in [2.24, 2.45) is 0 Å². The lowest BCUT2D eigenvalue weighted by molar-refractivity contribution is -0.139. The van der Waals surface area contributed by atoms with E-state index in [1.807, 2.05) is 44.2 Å². The first-order chi connectivity index (χ1) is 17.2. The van der Waals surface area contributed by atoms with Gasteiger partial charge in [0, 0.05) is 24.8 Å². The molecule has 3 rings (SSSR count). The molecular formula is C30H35FN2O2S. The van der Waals surface area contributed by atoms with Crippen LogP contribution in [0.5, 0.6) is 0 Å². The van der Waals surface area contributed by atoms with Gasteiger partial charge in [-0.25, -0.2) is 4.39 Å². The summed E-state index contributed by atoms with van der Waals surface area (Å²) in [5.74, 6) is 0.311. The van der Waals surface area contributed by atoms with E-state index >= 15 is 0 Å². The maximum atomic E-state index is 13.6. The molecule has 3 aromatic rings. The largest absolute Gasteiger partial charge is 0.352 e. The van der Waals surface area contributed by atoms with Crippen molar-refractivity contribution in [3.05, 3.63) is 106 Å². The van der Waals surface area contributed by atoms with E-state index in [4.69, 9.17) is 0 Å². The predicted octanol–water partition coefficient (Wildman–Crippen LogP) is 5.84. The van der Waals surface area contributed by atoms with E-state index in [9.17, 15) is 14.0 Å². The molecule has 3 aromatic carbocycles. The van der Waals surface area contributed by atoms with Gasteiger partial charge in [-0.15, -0.1) is 11.8 Å². The van der Waals surface area contributed by atoms with Gasteiger partial charge in [-0.3, -0.25) is 9.59 Å². The van der Waals surface area contributed by atoms with Crippen LogP contribution < -0.4 is 5.32 Å². The average Bonchev–Trinajstić information content (AvgIpc) is 2.82. The lowest BCUT2D eigenvalue weighted by atomic mass is 10.0. The summed E-state index contributed by atoms with van der Waals surface area (Å²) in [6.07, 6.45) is 0.397. The highest BCUT2D eigenvalue weighted by atomic mass is 32.2. The first-order valence-corrected chi connectivity index (χ1v) is 13.4. The van der Waals surface area contributed by atoms with Gasteiger partial charge in [0.15, 0.2) is 0 Å². The molecular weight excluding hydrogens is 471 g/mol.